The van der Waals surface area contributed by atoms with Crippen molar-refractivity contribution < 1.29 is 14.7 Å². The molecule has 1 atom stereocenters. The van der Waals surface area contributed by atoms with Crippen molar-refractivity contribution in [1.82, 2.24) is 10.3 Å². The minimum atomic E-state index is -1.06. The normalized spacial score (nSPS) is 12.3. The van der Waals surface area contributed by atoms with Crippen LogP contribution in [-0.4, -0.2) is 40.0 Å². The fourth-order valence-corrected chi connectivity index (χ4v) is 2.16. The summed E-state index contributed by atoms with van der Waals surface area (Å²) in [6.45, 7) is 1.95. The zero-order chi connectivity index (χ0) is 15.0. The lowest BCUT2D eigenvalue weighted by atomic mass is 10.1. The van der Waals surface area contributed by atoms with E-state index in [1.54, 1.807) is 17.8 Å². The van der Waals surface area contributed by atoms with Gasteiger partial charge in [-0.1, -0.05) is 0 Å². The molecule has 0 radical (unpaired) electrons. The molecule has 1 aromatic heterocycles. The Kier molecular flexibility index (Phi) is 6.79. The zero-order valence-electron chi connectivity index (χ0n) is 11.5. The summed E-state index contributed by atoms with van der Waals surface area (Å²) in [5.41, 5.74) is 0.915. The van der Waals surface area contributed by atoms with Crippen molar-refractivity contribution in [3.05, 3.63) is 35.7 Å². The number of nitrogens with zero attached hydrogens (tertiary/aromatic N) is 1. The van der Waals surface area contributed by atoms with E-state index >= 15 is 0 Å². The summed E-state index contributed by atoms with van der Waals surface area (Å²) in [6.07, 6.45) is 8.26. The van der Waals surface area contributed by atoms with Gasteiger partial charge < -0.3 is 10.4 Å². The van der Waals surface area contributed by atoms with Crippen molar-refractivity contribution in [1.29, 1.82) is 0 Å². The Morgan fingerprint density at radius 1 is 1.55 bits per heavy atom. The van der Waals surface area contributed by atoms with Gasteiger partial charge in [-0.25, -0.2) is 4.79 Å². The lowest BCUT2D eigenvalue weighted by Gasteiger charge is -2.14. The fraction of sp³-hybridized carbons (Fsp3) is 0.357. The lowest BCUT2D eigenvalue weighted by Crippen LogP contribution is -2.33. The van der Waals surface area contributed by atoms with Gasteiger partial charge in [-0.3, -0.25) is 9.78 Å². The Balaban J connectivity index is 2.79. The smallest absolute Gasteiger partial charge is 0.328 e. The molecule has 0 aliphatic carbocycles. The van der Waals surface area contributed by atoms with Gasteiger partial charge in [0.25, 0.3) is 5.91 Å². The molecule has 2 N–H and O–H groups in total. The van der Waals surface area contributed by atoms with E-state index < -0.39 is 5.97 Å². The standard InChI is InChI=1S/C14H18N2O3S/c1-10(6-8-20-2)16-14(19)12-5-7-15-9-11(12)3-4-13(17)18/h3-5,7,9-10H,6,8H2,1-2H3,(H,16,19)(H,17,18)/b4-3+. The maximum absolute atomic E-state index is 12.2. The quantitative estimate of drug-likeness (QED) is 0.752. The van der Waals surface area contributed by atoms with E-state index in [1.165, 1.54) is 18.5 Å². The molecule has 1 amide bonds. The number of hydrogen-bond acceptors (Lipinski definition) is 4. The Morgan fingerprint density at radius 3 is 2.95 bits per heavy atom. The van der Waals surface area contributed by atoms with E-state index in [2.05, 4.69) is 10.3 Å². The molecular formula is C14H18N2O3S. The van der Waals surface area contributed by atoms with Gasteiger partial charge >= 0.3 is 5.97 Å². The van der Waals surface area contributed by atoms with Crippen LogP contribution in [0.25, 0.3) is 6.08 Å². The third-order valence-electron chi connectivity index (χ3n) is 2.63. The van der Waals surface area contributed by atoms with Gasteiger partial charge in [0, 0.05) is 35.6 Å². The topological polar surface area (TPSA) is 79.3 Å². The second-order valence-corrected chi connectivity index (χ2v) is 5.28. The summed E-state index contributed by atoms with van der Waals surface area (Å²) in [5, 5.41) is 11.5. The number of carbonyl (C=O) groups is 2. The number of pyridine rings is 1. The predicted octanol–water partition coefficient (Wildman–Crippen LogP) is 2.05. The monoisotopic (exact) mass is 294 g/mol. The van der Waals surface area contributed by atoms with Crippen LogP contribution in [0.4, 0.5) is 0 Å². The minimum absolute atomic E-state index is 0.0689. The summed E-state index contributed by atoms with van der Waals surface area (Å²) in [6, 6.07) is 1.65. The highest BCUT2D eigenvalue weighted by Crippen LogP contribution is 2.10. The molecule has 5 nitrogen and oxygen atoms in total. The molecule has 20 heavy (non-hydrogen) atoms. The molecule has 0 fully saturated rings. The van der Waals surface area contributed by atoms with E-state index in [4.69, 9.17) is 5.11 Å². The van der Waals surface area contributed by atoms with E-state index in [9.17, 15) is 9.59 Å². The molecule has 1 heterocycles. The van der Waals surface area contributed by atoms with Gasteiger partial charge in [0.1, 0.15) is 0 Å². The van der Waals surface area contributed by atoms with Crippen LogP contribution in [0.3, 0.4) is 0 Å². The van der Waals surface area contributed by atoms with E-state index in [-0.39, 0.29) is 11.9 Å². The van der Waals surface area contributed by atoms with E-state index in [1.807, 2.05) is 13.2 Å². The summed E-state index contributed by atoms with van der Waals surface area (Å²) in [7, 11) is 0. The maximum atomic E-state index is 12.2. The minimum Gasteiger partial charge on any atom is -0.478 e. The Labute approximate surface area is 122 Å². The van der Waals surface area contributed by atoms with Gasteiger partial charge in [0.05, 0.1) is 0 Å². The summed E-state index contributed by atoms with van der Waals surface area (Å²) in [4.78, 5) is 26.6. The van der Waals surface area contributed by atoms with Gasteiger partial charge in [0.15, 0.2) is 0 Å². The lowest BCUT2D eigenvalue weighted by molar-refractivity contribution is -0.131. The Morgan fingerprint density at radius 2 is 2.30 bits per heavy atom. The Bertz CT molecular complexity index is 503. The molecule has 6 heteroatoms. The van der Waals surface area contributed by atoms with Crippen molar-refractivity contribution in [2.75, 3.05) is 12.0 Å². The molecule has 0 spiro atoms. The van der Waals surface area contributed by atoms with Crippen molar-refractivity contribution in [2.24, 2.45) is 0 Å². The second-order valence-electron chi connectivity index (χ2n) is 4.29. The van der Waals surface area contributed by atoms with Crippen molar-refractivity contribution in [2.45, 2.75) is 19.4 Å². The number of rotatable bonds is 7. The van der Waals surface area contributed by atoms with Crippen LogP contribution in [-0.2, 0) is 4.79 Å². The number of thioether (sulfide) groups is 1. The highest BCUT2D eigenvalue weighted by atomic mass is 32.2. The first-order chi connectivity index (χ1) is 9.54. The average molecular weight is 294 g/mol. The molecule has 0 aliphatic heterocycles. The number of carboxylic acid groups (broad SMARTS) is 1. The van der Waals surface area contributed by atoms with Gasteiger partial charge in [-0.2, -0.15) is 11.8 Å². The SMILES string of the molecule is CSCCC(C)NC(=O)c1ccncc1/C=C/C(=O)O. The van der Waals surface area contributed by atoms with Gasteiger partial charge in [0.2, 0.25) is 0 Å². The number of carbonyl (C=O) groups excluding carboxylic acids is 1. The first-order valence-electron chi connectivity index (χ1n) is 6.19. The first kappa shape index (κ1) is 16.2. The van der Waals surface area contributed by atoms with Crippen LogP contribution in [0.5, 0.6) is 0 Å². The summed E-state index contributed by atoms with van der Waals surface area (Å²) >= 11 is 1.73. The molecule has 0 aliphatic rings. The summed E-state index contributed by atoms with van der Waals surface area (Å²) < 4.78 is 0. The van der Waals surface area contributed by atoms with Gasteiger partial charge in [-0.15, -0.1) is 0 Å². The number of carboxylic acids is 1. The van der Waals surface area contributed by atoms with Crippen LogP contribution in [0.15, 0.2) is 24.5 Å². The van der Waals surface area contributed by atoms with Gasteiger partial charge in [-0.05, 0) is 37.5 Å². The summed E-state index contributed by atoms with van der Waals surface area (Å²) in [5.74, 6) is -0.302. The molecule has 108 valence electrons. The van der Waals surface area contributed by atoms with E-state index in [0.29, 0.717) is 11.1 Å². The number of nitrogens with one attached hydrogen (secondary N) is 1. The molecule has 0 saturated heterocycles. The number of aromatic nitrogens is 1. The first-order valence-corrected chi connectivity index (χ1v) is 7.58. The van der Waals surface area contributed by atoms with Crippen molar-refractivity contribution in [3.63, 3.8) is 0 Å². The third kappa shape index (κ3) is 5.44. The van der Waals surface area contributed by atoms with Crippen LogP contribution in [0.1, 0.15) is 29.3 Å². The van der Waals surface area contributed by atoms with Crippen LogP contribution in [0.2, 0.25) is 0 Å². The molecule has 1 aromatic rings. The highest BCUT2D eigenvalue weighted by molar-refractivity contribution is 7.98. The highest BCUT2D eigenvalue weighted by Gasteiger charge is 2.12. The molecule has 1 rings (SSSR count). The van der Waals surface area contributed by atoms with Crippen LogP contribution < -0.4 is 5.32 Å². The van der Waals surface area contributed by atoms with Crippen LogP contribution in [0, 0.1) is 0 Å². The second kappa shape index (κ2) is 8.37. The molecule has 1 unspecified atom stereocenters. The fourth-order valence-electron chi connectivity index (χ4n) is 1.58. The average Bonchev–Trinajstić information content (AvgIpc) is 2.43. The molecule has 0 aromatic carbocycles. The van der Waals surface area contributed by atoms with Crippen molar-refractivity contribution in [3.8, 4) is 0 Å². The molecular weight excluding hydrogens is 276 g/mol. The Hall–Kier alpha value is -1.82. The third-order valence-corrected chi connectivity index (χ3v) is 3.28. The zero-order valence-corrected chi connectivity index (χ0v) is 12.3. The number of amides is 1. The molecule has 0 bridgehead atoms. The van der Waals surface area contributed by atoms with Crippen molar-refractivity contribution >= 4 is 29.7 Å². The predicted molar refractivity (Wildman–Crippen MR) is 80.8 cm³/mol. The van der Waals surface area contributed by atoms with E-state index in [0.717, 1.165) is 18.2 Å². The maximum Gasteiger partial charge on any atom is 0.328 e. The number of hydrogen-bond donors (Lipinski definition) is 2. The van der Waals surface area contributed by atoms with Crippen LogP contribution >= 0.6 is 11.8 Å². The molecule has 0 saturated carbocycles. The number of aliphatic carboxylic acids is 1. The largest absolute Gasteiger partial charge is 0.478 e.